The number of fused-ring (bicyclic) bond motifs is 6. The number of H-pyrrole nitrogens is 2. The molecule has 62 heavy (non-hydrogen) atoms. The van der Waals surface area contributed by atoms with Gasteiger partial charge in [0.15, 0.2) is 0 Å². The molecule has 320 valence electrons. The van der Waals surface area contributed by atoms with E-state index < -0.39 is 30.1 Å². The topological polar surface area (TPSA) is 181 Å². The molecule has 2 fully saturated rings. The normalized spacial score (nSPS) is 18.5. The van der Waals surface area contributed by atoms with Crippen molar-refractivity contribution in [3.63, 3.8) is 0 Å². The van der Waals surface area contributed by atoms with E-state index in [1.807, 2.05) is 41.3 Å². The Kier molecular flexibility index (Phi) is 11.1. The molecule has 3 amide bonds. The number of carbonyl (C=O) groups excluding carboxylic acids is 4. The molecule has 5 atom stereocenters. The SMILES string of the molecule is COC(=O)C[C@H](C(=O)N1CCC[C@H]1c1ncc(-c2ccc3c(c2)COc2cc4c(ccc5[nH]c([C@@H]6CCCN6C(=O)[C@H](NC(=O)OC)c6ccccc6)nc54)cc2-3)[nH]1)[C@@H](C)OC. The summed E-state index contributed by atoms with van der Waals surface area (Å²) < 4.78 is 21.7. The van der Waals surface area contributed by atoms with Crippen LogP contribution in [0.25, 0.3) is 44.2 Å². The summed E-state index contributed by atoms with van der Waals surface area (Å²) in [5, 5.41) is 4.67. The highest BCUT2D eigenvalue weighted by Gasteiger charge is 2.40. The lowest BCUT2D eigenvalue weighted by Crippen LogP contribution is -2.42. The smallest absolute Gasteiger partial charge is 0.407 e. The molecule has 0 unspecified atom stereocenters. The second-order valence-corrected chi connectivity index (χ2v) is 16.2. The molecule has 3 aliphatic heterocycles. The van der Waals surface area contributed by atoms with E-state index in [1.165, 1.54) is 21.3 Å². The Morgan fingerprint density at radius 1 is 0.855 bits per heavy atom. The first-order valence-electron chi connectivity index (χ1n) is 21.0. The fraction of sp³-hybridized carbons (Fsp3) is 0.362. The fourth-order valence-electron chi connectivity index (χ4n) is 9.28. The minimum absolute atomic E-state index is 0.0554. The zero-order valence-electron chi connectivity index (χ0n) is 35.1. The number of carbonyl (C=O) groups is 4. The summed E-state index contributed by atoms with van der Waals surface area (Å²) in [4.78, 5) is 72.9. The molecule has 5 heterocycles. The number of benzene rings is 4. The van der Waals surface area contributed by atoms with Crippen molar-refractivity contribution in [3.05, 3.63) is 102 Å². The number of esters is 1. The number of methoxy groups -OCH3 is 3. The van der Waals surface area contributed by atoms with Gasteiger partial charge in [-0.2, -0.15) is 0 Å². The van der Waals surface area contributed by atoms with E-state index in [4.69, 9.17) is 28.9 Å². The number of aromatic nitrogens is 4. The van der Waals surface area contributed by atoms with E-state index in [2.05, 4.69) is 51.7 Å². The predicted molar refractivity (Wildman–Crippen MR) is 230 cm³/mol. The summed E-state index contributed by atoms with van der Waals surface area (Å²) in [6.45, 7) is 3.27. The number of ether oxygens (including phenoxy) is 4. The van der Waals surface area contributed by atoms with Crippen LogP contribution in [0, 0.1) is 5.92 Å². The van der Waals surface area contributed by atoms with E-state index in [9.17, 15) is 19.2 Å². The first-order valence-corrected chi connectivity index (χ1v) is 21.0. The van der Waals surface area contributed by atoms with Gasteiger partial charge in [0.25, 0.3) is 5.91 Å². The monoisotopic (exact) mass is 839 g/mol. The largest absolute Gasteiger partial charge is 0.488 e. The number of nitrogens with one attached hydrogen (secondary N) is 3. The Morgan fingerprint density at radius 3 is 2.35 bits per heavy atom. The van der Waals surface area contributed by atoms with E-state index in [0.717, 1.165) is 81.2 Å². The highest BCUT2D eigenvalue weighted by molar-refractivity contribution is 6.07. The summed E-state index contributed by atoms with van der Waals surface area (Å²) >= 11 is 0. The van der Waals surface area contributed by atoms with Crippen LogP contribution in [0.3, 0.4) is 0 Å². The molecule has 2 aromatic heterocycles. The first kappa shape index (κ1) is 40.7. The lowest BCUT2D eigenvalue weighted by Gasteiger charge is -2.30. The van der Waals surface area contributed by atoms with Crippen LogP contribution in [0.2, 0.25) is 0 Å². The van der Waals surface area contributed by atoms with Crippen LogP contribution in [-0.2, 0) is 35.2 Å². The van der Waals surface area contributed by atoms with Crippen LogP contribution in [-0.4, -0.2) is 94.1 Å². The Labute approximate surface area is 358 Å². The van der Waals surface area contributed by atoms with E-state index in [0.29, 0.717) is 36.9 Å². The first-order chi connectivity index (χ1) is 30.1. The van der Waals surface area contributed by atoms with Crippen molar-refractivity contribution in [2.45, 2.75) is 69.9 Å². The molecule has 0 radical (unpaired) electrons. The molecule has 4 aromatic carbocycles. The second-order valence-electron chi connectivity index (χ2n) is 16.2. The van der Waals surface area contributed by atoms with Gasteiger partial charge in [0, 0.05) is 31.1 Å². The van der Waals surface area contributed by atoms with Gasteiger partial charge in [-0.05, 0) is 84.5 Å². The van der Waals surface area contributed by atoms with Crippen molar-refractivity contribution in [2.24, 2.45) is 5.92 Å². The third-order valence-electron chi connectivity index (χ3n) is 12.7. The lowest BCUT2D eigenvalue weighted by molar-refractivity contribution is -0.151. The summed E-state index contributed by atoms with van der Waals surface area (Å²) in [5.74, 6) is 0.667. The predicted octanol–water partition coefficient (Wildman–Crippen LogP) is 7.30. The Bertz CT molecular complexity index is 2680. The van der Waals surface area contributed by atoms with Crippen LogP contribution in [0.5, 0.6) is 5.75 Å². The number of nitrogens with zero attached hydrogens (tertiary/aromatic N) is 4. The number of imidazole rings is 2. The summed E-state index contributed by atoms with van der Waals surface area (Å²) in [6.07, 6.45) is 3.72. The quantitative estimate of drug-likeness (QED) is 0.112. The average molecular weight is 840 g/mol. The molecule has 0 bridgehead atoms. The molecule has 0 aliphatic carbocycles. The van der Waals surface area contributed by atoms with Crippen LogP contribution in [0.1, 0.15) is 79.9 Å². The van der Waals surface area contributed by atoms with Gasteiger partial charge < -0.3 is 44.0 Å². The van der Waals surface area contributed by atoms with Crippen LogP contribution in [0.15, 0.2) is 79.0 Å². The van der Waals surface area contributed by atoms with Crippen molar-refractivity contribution in [1.82, 2.24) is 35.1 Å². The Hall–Kier alpha value is -6.74. The number of aromatic amines is 2. The van der Waals surface area contributed by atoms with Crippen molar-refractivity contribution in [1.29, 1.82) is 0 Å². The van der Waals surface area contributed by atoms with E-state index in [-0.39, 0.29) is 30.3 Å². The minimum atomic E-state index is -0.904. The Morgan fingerprint density at radius 2 is 1.61 bits per heavy atom. The van der Waals surface area contributed by atoms with E-state index >= 15 is 0 Å². The van der Waals surface area contributed by atoms with Gasteiger partial charge in [0.05, 0.1) is 67.7 Å². The summed E-state index contributed by atoms with van der Waals surface area (Å²) in [5.41, 5.74) is 7.19. The molecule has 6 aromatic rings. The zero-order chi connectivity index (χ0) is 43.1. The highest BCUT2D eigenvalue weighted by atomic mass is 16.5. The van der Waals surface area contributed by atoms with Gasteiger partial charge in [0.1, 0.15) is 30.0 Å². The van der Waals surface area contributed by atoms with Gasteiger partial charge in [-0.25, -0.2) is 14.8 Å². The molecule has 3 N–H and O–H groups in total. The average Bonchev–Trinajstić information content (AvgIpc) is 4.15. The number of hydrogen-bond acceptors (Lipinski definition) is 10. The maximum absolute atomic E-state index is 14.1. The molecule has 9 rings (SSSR count). The fourth-order valence-corrected chi connectivity index (χ4v) is 9.28. The third kappa shape index (κ3) is 7.50. The van der Waals surface area contributed by atoms with Crippen molar-refractivity contribution in [2.75, 3.05) is 34.4 Å². The number of likely N-dealkylation sites (tertiary alicyclic amines) is 2. The number of alkyl carbamates (subject to hydrolysis) is 1. The Balaban J connectivity index is 0.956. The molecular formula is C47H49N7O8. The van der Waals surface area contributed by atoms with Gasteiger partial charge in [-0.15, -0.1) is 0 Å². The molecule has 15 nitrogen and oxygen atoms in total. The maximum atomic E-state index is 14.1. The van der Waals surface area contributed by atoms with Crippen molar-refractivity contribution in [3.8, 4) is 28.1 Å². The van der Waals surface area contributed by atoms with Gasteiger partial charge >= 0.3 is 12.1 Å². The van der Waals surface area contributed by atoms with Crippen LogP contribution in [0.4, 0.5) is 4.79 Å². The van der Waals surface area contributed by atoms with Gasteiger partial charge in [-0.3, -0.25) is 14.4 Å². The lowest BCUT2D eigenvalue weighted by atomic mass is 9.92. The van der Waals surface area contributed by atoms with Crippen molar-refractivity contribution < 1.29 is 38.1 Å². The molecule has 2 saturated heterocycles. The number of rotatable bonds is 11. The van der Waals surface area contributed by atoms with Crippen molar-refractivity contribution >= 4 is 45.7 Å². The third-order valence-corrected chi connectivity index (χ3v) is 12.7. The van der Waals surface area contributed by atoms with Gasteiger partial charge in [0.2, 0.25) is 5.91 Å². The summed E-state index contributed by atoms with van der Waals surface area (Å²) in [7, 11) is 4.14. The number of hydrogen-bond donors (Lipinski definition) is 3. The number of amides is 3. The maximum Gasteiger partial charge on any atom is 0.407 e. The molecular weight excluding hydrogens is 791 g/mol. The standard InChI is InChI=1S/C47H49N7O8/c1-26(59-2)32(23-40(55)60-3)45(56)53-18-8-12-37(53)43-48-24-36(50-43)29-14-16-31-30(20-29)25-62-39-22-33-28(21-34(31)39)15-17-35-42(33)51-44(49-35)38-13-9-19-54(38)46(57)41(52-47(58)61-4)27-10-6-5-7-11-27/h5-7,10-11,14-17,20-22,24,26,32,37-38,41H,8-9,12-13,18-19,23,25H2,1-4H3,(H,48,50)(H,49,51)(H,52,58)/t26-,32+,37+,38+,41-/m1/s1. The molecule has 0 spiro atoms. The zero-order valence-corrected chi connectivity index (χ0v) is 35.1. The van der Waals surface area contributed by atoms with E-state index in [1.54, 1.807) is 18.0 Å². The van der Waals surface area contributed by atoms with Crippen LogP contribution < -0.4 is 10.1 Å². The second kappa shape index (κ2) is 17.0. The molecule has 15 heteroatoms. The summed E-state index contributed by atoms with van der Waals surface area (Å²) in [6, 6.07) is 22.3. The highest BCUT2D eigenvalue weighted by Crippen LogP contribution is 2.44. The molecule has 0 saturated carbocycles. The minimum Gasteiger partial charge on any atom is -0.488 e. The molecule has 3 aliphatic rings. The van der Waals surface area contributed by atoms with Gasteiger partial charge in [-0.1, -0.05) is 48.5 Å². The van der Waals surface area contributed by atoms with Crippen LogP contribution >= 0.6 is 0 Å².